The van der Waals surface area contributed by atoms with Crippen molar-refractivity contribution in [1.29, 1.82) is 0 Å². The molecule has 1 fully saturated rings. The summed E-state index contributed by atoms with van der Waals surface area (Å²) in [6, 6.07) is -0.654. The van der Waals surface area contributed by atoms with E-state index in [-0.39, 0.29) is 12.3 Å². The van der Waals surface area contributed by atoms with E-state index in [1.807, 2.05) is 0 Å². The summed E-state index contributed by atoms with van der Waals surface area (Å²) in [4.78, 5) is 11.6. The van der Waals surface area contributed by atoms with Crippen LogP contribution >= 0.6 is 0 Å². The molecule has 1 aliphatic rings. The van der Waals surface area contributed by atoms with Crippen LogP contribution in [-0.2, 0) is 14.8 Å². The molecular weight excluding hydrogens is 204 g/mol. The molecular formula is C8H16N2O3S. The van der Waals surface area contributed by atoms with Gasteiger partial charge in [-0.05, 0) is 26.2 Å². The number of carbonyl (C=O) groups is 1. The molecule has 5 nitrogen and oxygen atoms in total. The molecule has 14 heavy (non-hydrogen) atoms. The first-order valence-electron chi connectivity index (χ1n) is 4.79. The average molecular weight is 220 g/mol. The van der Waals surface area contributed by atoms with Crippen molar-refractivity contribution < 1.29 is 13.2 Å². The van der Waals surface area contributed by atoms with E-state index in [0.29, 0.717) is 12.8 Å². The van der Waals surface area contributed by atoms with Crippen LogP contribution in [0.4, 0.5) is 0 Å². The lowest BCUT2D eigenvalue weighted by atomic mass is 10.1. The van der Waals surface area contributed by atoms with Crippen LogP contribution in [0.25, 0.3) is 0 Å². The van der Waals surface area contributed by atoms with Gasteiger partial charge in [-0.15, -0.1) is 0 Å². The molecule has 0 bridgehead atoms. The van der Waals surface area contributed by atoms with Crippen LogP contribution in [0.5, 0.6) is 0 Å². The van der Waals surface area contributed by atoms with Gasteiger partial charge in [0.2, 0.25) is 10.0 Å². The lowest BCUT2D eigenvalue weighted by molar-refractivity contribution is -0.127. The molecule has 0 aromatic rings. The minimum atomic E-state index is -3.42. The van der Waals surface area contributed by atoms with Crippen LogP contribution in [0.15, 0.2) is 0 Å². The molecule has 1 atom stereocenters. The molecule has 0 aromatic heterocycles. The SMILES string of the molecule is CCS(=O)(=O)N1CCCC[C@H](N)C1=O. The van der Waals surface area contributed by atoms with E-state index in [1.165, 1.54) is 6.92 Å². The van der Waals surface area contributed by atoms with E-state index in [0.717, 1.165) is 10.7 Å². The highest BCUT2D eigenvalue weighted by atomic mass is 32.2. The summed E-state index contributed by atoms with van der Waals surface area (Å²) in [5.41, 5.74) is 5.56. The van der Waals surface area contributed by atoms with Gasteiger partial charge in [-0.2, -0.15) is 0 Å². The molecule has 1 rings (SSSR count). The maximum atomic E-state index is 11.6. The molecule has 0 aromatic carbocycles. The Hall–Kier alpha value is -0.620. The number of sulfonamides is 1. The second-order valence-corrected chi connectivity index (χ2v) is 5.60. The largest absolute Gasteiger partial charge is 0.320 e. The smallest absolute Gasteiger partial charge is 0.252 e. The van der Waals surface area contributed by atoms with Crippen molar-refractivity contribution in [3.8, 4) is 0 Å². The molecule has 82 valence electrons. The Kier molecular flexibility index (Phi) is 3.49. The topological polar surface area (TPSA) is 80.5 Å². The fourth-order valence-corrected chi connectivity index (χ4v) is 2.60. The predicted molar refractivity (Wildman–Crippen MR) is 53.0 cm³/mol. The number of nitrogens with zero attached hydrogens (tertiary/aromatic N) is 1. The van der Waals surface area contributed by atoms with Crippen molar-refractivity contribution in [3.63, 3.8) is 0 Å². The fraction of sp³-hybridized carbons (Fsp3) is 0.875. The van der Waals surface area contributed by atoms with Gasteiger partial charge in [0.15, 0.2) is 0 Å². The van der Waals surface area contributed by atoms with Gasteiger partial charge in [0.25, 0.3) is 5.91 Å². The van der Waals surface area contributed by atoms with Gasteiger partial charge in [-0.1, -0.05) is 0 Å². The summed E-state index contributed by atoms with van der Waals surface area (Å²) in [6.07, 6.45) is 2.09. The van der Waals surface area contributed by atoms with Gasteiger partial charge in [0, 0.05) is 6.54 Å². The van der Waals surface area contributed by atoms with Gasteiger partial charge in [0.05, 0.1) is 11.8 Å². The third-order valence-electron chi connectivity index (χ3n) is 2.39. The molecule has 0 saturated carbocycles. The minimum absolute atomic E-state index is 0.0501. The quantitative estimate of drug-likeness (QED) is 0.691. The first-order valence-corrected chi connectivity index (χ1v) is 6.40. The molecule has 0 aliphatic carbocycles. The first-order chi connectivity index (χ1) is 6.49. The third kappa shape index (κ3) is 2.24. The van der Waals surface area contributed by atoms with E-state index in [1.54, 1.807) is 0 Å². The van der Waals surface area contributed by atoms with Gasteiger partial charge >= 0.3 is 0 Å². The van der Waals surface area contributed by atoms with Crippen LogP contribution < -0.4 is 5.73 Å². The molecule has 1 heterocycles. The Morgan fingerprint density at radius 1 is 1.50 bits per heavy atom. The zero-order valence-corrected chi connectivity index (χ0v) is 9.09. The van der Waals surface area contributed by atoms with Gasteiger partial charge in [-0.3, -0.25) is 4.79 Å². The average Bonchev–Trinajstić information content (AvgIpc) is 2.30. The Bertz CT molecular complexity index is 313. The van der Waals surface area contributed by atoms with Crippen molar-refractivity contribution in [2.24, 2.45) is 5.73 Å². The monoisotopic (exact) mass is 220 g/mol. The van der Waals surface area contributed by atoms with Crippen LogP contribution in [0.2, 0.25) is 0 Å². The van der Waals surface area contributed by atoms with Crippen molar-refractivity contribution in [3.05, 3.63) is 0 Å². The molecule has 2 N–H and O–H groups in total. The van der Waals surface area contributed by atoms with E-state index >= 15 is 0 Å². The van der Waals surface area contributed by atoms with Crippen LogP contribution in [-0.4, -0.2) is 37.0 Å². The predicted octanol–water partition coefficient (Wildman–Crippen LogP) is -0.324. The Morgan fingerprint density at radius 2 is 2.14 bits per heavy atom. The standard InChI is InChI=1S/C8H16N2O3S/c1-2-14(12,13)10-6-4-3-5-7(9)8(10)11/h7H,2-6,9H2,1H3/t7-/m0/s1. The summed E-state index contributed by atoms with van der Waals surface area (Å²) in [7, 11) is -3.42. The summed E-state index contributed by atoms with van der Waals surface area (Å²) in [5, 5.41) is 0. The van der Waals surface area contributed by atoms with Crippen molar-refractivity contribution in [2.45, 2.75) is 32.2 Å². The second-order valence-electron chi connectivity index (χ2n) is 3.41. The Morgan fingerprint density at radius 3 is 2.71 bits per heavy atom. The lowest BCUT2D eigenvalue weighted by Crippen LogP contribution is -2.45. The zero-order chi connectivity index (χ0) is 10.8. The van der Waals surface area contributed by atoms with Crippen molar-refractivity contribution in [1.82, 2.24) is 4.31 Å². The lowest BCUT2D eigenvalue weighted by Gasteiger charge is -2.21. The van der Waals surface area contributed by atoms with Gasteiger partial charge in [0.1, 0.15) is 0 Å². The van der Waals surface area contributed by atoms with Gasteiger partial charge < -0.3 is 5.73 Å². The number of carbonyl (C=O) groups excluding carboxylic acids is 1. The maximum Gasteiger partial charge on any atom is 0.252 e. The van der Waals surface area contributed by atoms with Crippen molar-refractivity contribution in [2.75, 3.05) is 12.3 Å². The molecule has 6 heteroatoms. The molecule has 0 spiro atoms. The summed E-state index contributed by atoms with van der Waals surface area (Å²) in [6.45, 7) is 1.81. The van der Waals surface area contributed by atoms with Crippen LogP contribution in [0, 0.1) is 0 Å². The molecule has 1 aliphatic heterocycles. The number of rotatable bonds is 2. The van der Waals surface area contributed by atoms with Crippen molar-refractivity contribution >= 4 is 15.9 Å². The van der Waals surface area contributed by atoms with Crippen LogP contribution in [0.3, 0.4) is 0 Å². The Balaban J connectivity index is 2.91. The number of hydrogen-bond acceptors (Lipinski definition) is 4. The second kappa shape index (κ2) is 4.27. The highest BCUT2D eigenvalue weighted by molar-refractivity contribution is 7.89. The fourth-order valence-electron chi connectivity index (χ4n) is 1.47. The summed E-state index contributed by atoms with van der Waals surface area (Å²) < 4.78 is 24.0. The van der Waals surface area contributed by atoms with Crippen LogP contribution in [0.1, 0.15) is 26.2 Å². The first kappa shape index (κ1) is 11.5. The zero-order valence-electron chi connectivity index (χ0n) is 8.27. The van der Waals surface area contributed by atoms with E-state index in [2.05, 4.69) is 0 Å². The summed E-state index contributed by atoms with van der Waals surface area (Å²) in [5.74, 6) is -0.504. The van der Waals surface area contributed by atoms with E-state index in [4.69, 9.17) is 5.73 Å². The summed E-state index contributed by atoms with van der Waals surface area (Å²) >= 11 is 0. The van der Waals surface area contributed by atoms with E-state index in [9.17, 15) is 13.2 Å². The molecule has 1 saturated heterocycles. The highest BCUT2D eigenvalue weighted by Crippen LogP contribution is 2.14. The third-order valence-corrected chi connectivity index (χ3v) is 4.15. The molecule has 1 amide bonds. The highest BCUT2D eigenvalue weighted by Gasteiger charge is 2.31. The number of nitrogens with two attached hydrogens (primary N) is 1. The molecule has 0 radical (unpaired) electrons. The number of amides is 1. The number of hydrogen-bond donors (Lipinski definition) is 1. The minimum Gasteiger partial charge on any atom is -0.320 e. The normalized spacial score (nSPS) is 24.9. The van der Waals surface area contributed by atoms with Gasteiger partial charge in [-0.25, -0.2) is 12.7 Å². The maximum absolute atomic E-state index is 11.6. The Labute approximate surface area is 84.3 Å². The molecule has 0 unspecified atom stereocenters. The van der Waals surface area contributed by atoms with E-state index < -0.39 is 22.0 Å².